The van der Waals surface area contributed by atoms with Crippen molar-refractivity contribution in [1.29, 1.82) is 0 Å². The second kappa shape index (κ2) is 11.9. The van der Waals surface area contributed by atoms with E-state index in [0.717, 1.165) is 30.6 Å². The zero-order valence-corrected chi connectivity index (χ0v) is 18.9. The number of amides is 3. The van der Waals surface area contributed by atoms with Gasteiger partial charge in [0.05, 0.1) is 13.2 Å². The van der Waals surface area contributed by atoms with E-state index >= 15 is 0 Å². The summed E-state index contributed by atoms with van der Waals surface area (Å²) in [5.41, 5.74) is 7.46. The normalized spacial score (nSPS) is 15.0. The van der Waals surface area contributed by atoms with Crippen LogP contribution < -0.4 is 20.5 Å². The van der Waals surface area contributed by atoms with Crippen molar-refractivity contribution in [3.8, 4) is 11.5 Å². The molecule has 3 amide bonds. The van der Waals surface area contributed by atoms with Gasteiger partial charge in [0.15, 0.2) is 11.5 Å². The zero-order valence-electron chi connectivity index (χ0n) is 18.9. The first-order valence-electron chi connectivity index (χ1n) is 10.9. The highest BCUT2D eigenvalue weighted by molar-refractivity contribution is 5.94. The van der Waals surface area contributed by atoms with E-state index < -0.39 is 6.03 Å². The standard InChI is InChI=1S/C25H31N3O5/c1-3-12-33-22-11-8-19(14-23(22)31-2)16-28(17-21-5-4-13-32-21)24(29)20-9-6-18(7-10-20)15-27-25(26)30/h3,6-11,14,21H,1,4-5,12-13,15-17H2,2H3,(H3,26,27,30). The number of carbonyl (C=O) groups is 2. The molecule has 0 aromatic heterocycles. The minimum absolute atomic E-state index is 0.0186. The molecule has 0 spiro atoms. The molecular weight excluding hydrogens is 422 g/mol. The molecule has 2 aromatic carbocycles. The van der Waals surface area contributed by atoms with Crippen LogP contribution in [0.5, 0.6) is 11.5 Å². The number of hydrogen-bond acceptors (Lipinski definition) is 5. The van der Waals surface area contributed by atoms with Crippen molar-refractivity contribution in [2.24, 2.45) is 5.73 Å². The summed E-state index contributed by atoms with van der Waals surface area (Å²) in [6.45, 7) is 5.98. The minimum Gasteiger partial charge on any atom is -0.493 e. The van der Waals surface area contributed by atoms with Crippen molar-refractivity contribution in [2.75, 3.05) is 26.9 Å². The predicted molar refractivity (Wildman–Crippen MR) is 125 cm³/mol. The first-order chi connectivity index (χ1) is 16.0. The van der Waals surface area contributed by atoms with E-state index in [4.69, 9.17) is 19.9 Å². The largest absolute Gasteiger partial charge is 0.493 e. The van der Waals surface area contributed by atoms with Gasteiger partial charge in [0.25, 0.3) is 5.91 Å². The highest BCUT2D eigenvalue weighted by Crippen LogP contribution is 2.29. The number of benzene rings is 2. The molecule has 2 aromatic rings. The number of nitrogens with one attached hydrogen (secondary N) is 1. The Morgan fingerprint density at radius 2 is 1.97 bits per heavy atom. The van der Waals surface area contributed by atoms with Crippen LogP contribution in [0.4, 0.5) is 4.79 Å². The van der Waals surface area contributed by atoms with Crippen molar-refractivity contribution >= 4 is 11.9 Å². The van der Waals surface area contributed by atoms with Crippen LogP contribution in [-0.2, 0) is 17.8 Å². The molecule has 0 bridgehead atoms. The summed E-state index contributed by atoms with van der Waals surface area (Å²) < 4.78 is 16.9. The minimum atomic E-state index is -0.589. The molecule has 8 heteroatoms. The van der Waals surface area contributed by atoms with Crippen LogP contribution in [0.1, 0.15) is 34.3 Å². The van der Waals surface area contributed by atoms with Gasteiger partial charge >= 0.3 is 6.03 Å². The number of carbonyl (C=O) groups excluding carboxylic acids is 2. The van der Waals surface area contributed by atoms with E-state index in [-0.39, 0.29) is 12.0 Å². The summed E-state index contributed by atoms with van der Waals surface area (Å²) in [4.78, 5) is 26.1. The van der Waals surface area contributed by atoms with Gasteiger partial charge in [-0.3, -0.25) is 4.79 Å². The average Bonchev–Trinajstić information content (AvgIpc) is 3.34. The number of nitrogens with zero attached hydrogens (tertiary/aromatic N) is 1. The Balaban J connectivity index is 1.77. The van der Waals surface area contributed by atoms with Crippen LogP contribution in [0.25, 0.3) is 0 Å². The van der Waals surface area contributed by atoms with E-state index in [1.807, 2.05) is 30.3 Å². The van der Waals surface area contributed by atoms with Crippen LogP contribution in [-0.4, -0.2) is 49.8 Å². The van der Waals surface area contributed by atoms with Gasteiger partial charge in [0.1, 0.15) is 6.61 Å². The molecule has 33 heavy (non-hydrogen) atoms. The lowest BCUT2D eigenvalue weighted by Crippen LogP contribution is -2.37. The molecule has 1 atom stereocenters. The number of ether oxygens (including phenoxy) is 3. The van der Waals surface area contributed by atoms with Crippen molar-refractivity contribution in [2.45, 2.75) is 32.0 Å². The molecule has 1 fully saturated rings. The van der Waals surface area contributed by atoms with Crippen LogP contribution in [0.3, 0.4) is 0 Å². The number of primary amides is 1. The van der Waals surface area contributed by atoms with E-state index in [2.05, 4.69) is 11.9 Å². The van der Waals surface area contributed by atoms with Gasteiger partial charge < -0.3 is 30.2 Å². The fourth-order valence-corrected chi connectivity index (χ4v) is 3.69. The SMILES string of the molecule is C=CCOc1ccc(CN(CC2CCCO2)C(=O)c2ccc(CNC(N)=O)cc2)cc1OC. The Labute approximate surface area is 194 Å². The lowest BCUT2D eigenvalue weighted by molar-refractivity contribution is 0.0507. The maximum Gasteiger partial charge on any atom is 0.312 e. The van der Waals surface area contributed by atoms with Gasteiger partial charge in [-0.1, -0.05) is 30.9 Å². The molecule has 0 saturated carbocycles. The molecule has 0 aliphatic carbocycles. The predicted octanol–water partition coefficient (Wildman–Crippen LogP) is 3.25. The maximum absolute atomic E-state index is 13.4. The Morgan fingerprint density at radius 3 is 2.61 bits per heavy atom. The number of nitrogens with two attached hydrogens (primary N) is 1. The third kappa shape index (κ3) is 6.98. The number of urea groups is 1. The van der Waals surface area contributed by atoms with Crippen LogP contribution in [0.2, 0.25) is 0 Å². The van der Waals surface area contributed by atoms with Gasteiger partial charge in [-0.05, 0) is 48.2 Å². The monoisotopic (exact) mass is 453 g/mol. The first-order valence-corrected chi connectivity index (χ1v) is 10.9. The summed E-state index contributed by atoms with van der Waals surface area (Å²) in [6.07, 6.45) is 3.62. The van der Waals surface area contributed by atoms with Crippen LogP contribution >= 0.6 is 0 Å². The molecular formula is C25H31N3O5. The summed E-state index contributed by atoms with van der Waals surface area (Å²) >= 11 is 0. The summed E-state index contributed by atoms with van der Waals surface area (Å²) in [6, 6.07) is 12.2. The summed E-state index contributed by atoms with van der Waals surface area (Å²) in [5, 5.41) is 2.54. The van der Waals surface area contributed by atoms with E-state index in [1.54, 1.807) is 30.2 Å². The molecule has 176 valence electrons. The molecule has 8 nitrogen and oxygen atoms in total. The van der Waals surface area contributed by atoms with Crippen LogP contribution in [0.15, 0.2) is 55.1 Å². The van der Waals surface area contributed by atoms with Gasteiger partial charge in [-0.2, -0.15) is 0 Å². The second-order valence-corrected chi connectivity index (χ2v) is 7.82. The van der Waals surface area contributed by atoms with E-state index in [9.17, 15) is 9.59 Å². The van der Waals surface area contributed by atoms with Crippen LogP contribution in [0, 0.1) is 0 Å². The maximum atomic E-state index is 13.4. The fraction of sp³-hybridized carbons (Fsp3) is 0.360. The van der Waals surface area contributed by atoms with E-state index in [0.29, 0.717) is 43.3 Å². The molecule has 1 unspecified atom stereocenters. The third-order valence-corrected chi connectivity index (χ3v) is 5.36. The molecule has 3 rings (SSSR count). The van der Waals surface area contributed by atoms with Gasteiger partial charge in [-0.25, -0.2) is 4.79 Å². The third-order valence-electron chi connectivity index (χ3n) is 5.36. The first kappa shape index (κ1) is 24.1. The average molecular weight is 454 g/mol. The summed E-state index contributed by atoms with van der Waals surface area (Å²) in [5.74, 6) is 1.13. The van der Waals surface area contributed by atoms with Crippen molar-refractivity contribution in [1.82, 2.24) is 10.2 Å². The molecule has 1 heterocycles. The van der Waals surface area contributed by atoms with Crippen molar-refractivity contribution in [3.63, 3.8) is 0 Å². The lowest BCUT2D eigenvalue weighted by Gasteiger charge is -2.26. The van der Waals surface area contributed by atoms with Crippen molar-refractivity contribution < 1.29 is 23.8 Å². The Hall–Kier alpha value is -3.52. The number of hydrogen-bond donors (Lipinski definition) is 2. The Bertz CT molecular complexity index is 955. The highest BCUT2D eigenvalue weighted by Gasteiger charge is 2.24. The van der Waals surface area contributed by atoms with Gasteiger partial charge in [0.2, 0.25) is 0 Å². The molecule has 1 aliphatic rings. The lowest BCUT2D eigenvalue weighted by atomic mass is 10.1. The molecule has 0 radical (unpaired) electrons. The smallest absolute Gasteiger partial charge is 0.312 e. The molecule has 1 saturated heterocycles. The highest BCUT2D eigenvalue weighted by atomic mass is 16.5. The second-order valence-electron chi connectivity index (χ2n) is 7.82. The quantitative estimate of drug-likeness (QED) is 0.509. The number of methoxy groups -OCH3 is 1. The molecule has 1 aliphatic heterocycles. The molecule has 3 N–H and O–H groups in total. The summed E-state index contributed by atoms with van der Waals surface area (Å²) in [7, 11) is 1.59. The Morgan fingerprint density at radius 1 is 1.21 bits per heavy atom. The fourth-order valence-electron chi connectivity index (χ4n) is 3.69. The van der Waals surface area contributed by atoms with Gasteiger partial charge in [-0.15, -0.1) is 0 Å². The number of rotatable bonds is 11. The van der Waals surface area contributed by atoms with Gasteiger partial charge in [0, 0.05) is 31.8 Å². The zero-order chi connectivity index (χ0) is 23.6. The van der Waals surface area contributed by atoms with E-state index in [1.165, 1.54) is 0 Å². The van der Waals surface area contributed by atoms with Crippen molar-refractivity contribution in [3.05, 3.63) is 71.8 Å². The Kier molecular flexibility index (Phi) is 8.71. The topological polar surface area (TPSA) is 103 Å².